The minimum absolute atomic E-state index is 0.0573. The van der Waals surface area contributed by atoms with Gasteiger partial charge in [0.1, 0.15) is 6.04 Å². The van der Waals surface area contributed by atoms with Crippen molar-refractivity contribution in [2.75, 3.05) is 45.9 Å². The summed E-state index contributed by atoms with van der Waals surface area (Å²) in [6.07, 6.45) is 0. The molecule has 2 aromatic rings. The minimum Gasteiger partial charge on any atom is -0.378 e. The number of carbonyl (C=O) groups is 1. The van der Waals surface area contributed by atoms with Crippen molar-refractivity contribution >= 4 is 27.0 Å². The fourth-order valence-corrected chi connectivity index (χ4v) is 4.86. The van der Waals surface area contributed by atoms with Gasteiger partial charge in [-0.1, -0.05) is 0 Å². The standard InChI is InChI=1S/C16H21N5O5S/c22-15(14-10-26-8-3-17-14)20-4-6-21(7-5-20)27(24,25)11-1-2-12-13(9-11)19-16(23)18-12/h1-2,9,14,17H,3-8,10H2,(H2,18,19,23). The number of sulfonamides is 1. The van der Waals surface area contributed by atoms with Gasteiger partial charge in [-0.2, -0.15) is 4.31 Å². The van der Waals surface area contributed by atoms with Crippen molar-refractivity contribution in [2.45, 2.75) is 10.9 Å². The summed E-state index contributed by atoms with van der Waals surface area (Å²) in [5.74, 6) is -0.0573. The first-order chi connectivity index (χ1) is 12.9. The zero-order chi connectivity index (χ0) is 19.0. The number of nitrogens with zero attached hydrogens (tertiary/aromatic N) is 2. The Bertz CT molecular complexity index is 1000. The maximum atomic E-state index is 12.9. The van der Waals surface area contributed by atoms with Crippen molar-refractivity contribution in [3.8, 4) is 0 Å². The molecule has 10 nitrogen and oxygen atoms in total. The predicted molar refractivity (Wildman–Crippen MR) is 96.9 cm³/mol. The highest BCUT2D eigenvalue weighted by Gasteiger charge is 2.33. The average Bonchev–Trinajstić information content (AvgIpc) is 3.07. The topological polar surface area (TPSA) is 128 Å². The number of hydrogen-bond donors (Lipinski definition) is 3. The second-order valence-corrected chi connectivity index (χ2v) is 8.54. The Morgan fingerprint density at radius 3 is 2.56 bits per heavy atom. The molecule has 0 radical (unpaired) electrons. The molecule has 1 aromatic heterocycles. The van der Waals surface area contributed by atoms with E-state index in [0.717, 1.165) is 0 Å². The lowest BCUT2D eigenvalue weighted by Gasteiger charge is -2.36. The normalized spacial score (nSPS) is 22.2. The summed E-state index contributed by atoms with van der Waals surface area (Å²) in [5.41, 5.74) is 0.613. The second-order valence-electron chi connectivity index (χ2n) is 6.60. The summed E-state index contributed by atoms with van der Waals surface area (Å²) in [4.78, 5) is 30.8. The van der Waals surface area contributed by atoms with Gasteiger partial charge in [-0.05, 0) is 18.2 Å². The van der Waals surface area contributed by atoms with E-state index < -0.39 is 10.0 Å². The predicted octanol–water partition coefficient (Wildman–Crippen LogP) is -1.32. The van der Waals surface area contributed by atoms with Gasteiger partial charge < -0.3 is 24.9 Å². The highest BCUT2D eigenvalue weighted by atomic mass is 32.2. The summed E-state index contributed by atoms with van der Waals surface area (Å²) < 4.78 is 32.5. The second kappa shape index (κ2) is 7.08. The number of rotatable bonds is 3. The molecular weight excluding hydrogens is 374 g/mol. The van der Waals surface area contributed by atoms with Crippen LogP contribution in [0.15, 0.2) is 27.9 Å². The molecule has 3 N–H and O–H groups in total. The van der Waals surface area contributed by atoms with Crippen LogP contribution in [0, 0.1) is 0 Å². The molecule has 4 rings (SSSR count). The Hall–Kier alpha value is -2.21. The molecule has 1 aromatic carbocycles. The Kier molecular flexibility index (Phi) is 4.76. The first-order valence-electron chi connectivity index (χ1n) is 8.77. The molecule has 1 atom stereocenters. The lowest BCUT2D eigenvalue weighted by Crippen LogP contribution is -2.57. The van der Waals surface area contributed by atoms with Crippen molar-refractivity contribution in [2.24, 2.45) is 0 Å². The molecule has 0 saturated carbocycles. The molecule has 0 bridgehead atoms. The summed E-state index contributed by atoms with van der Waals surface area (Å²) in [7, 11) is -3.70. The van der Waals surface area contributed by atoms with Gasteiger partial charge in [0, 0.05) is 32.7 Å². The van der Waals surface area contributed by atoms with Crippen LogP contribution >= 0.6 is 0 Å². The summed E-state index contributed by atoms with van der Waals surface area (Å²) in [6, 6.07) is 4.12. The number of nitrogens with one attached hydrogen (secondary N) is 3. The van der Waals surface area contributed by atoms with E-state index in [1.54, 1.807) is 11.0 Å². The van der Waals surface area contributed by atoms with Crippen molar-refractivity contribution in [3.05, 3.63) is 28.7 Å². The number of amides is 1. The van der Waals surface area contributed by atoms with Crippen molar-refractivity contribution in [1.82, 2.24) is 24.5 Å². The number of fused-ring (bicyclic) bond motifs is 1. The number of carbonyl (C=O) groups excluding carboxylic acids is 1. The minimum atomic E-state index is -3.70. The van der Waals surface area contributed by atoms with Crippen molar-refractivity contribution in [3.63, 3.8) is 0 Å². The van der Waals surface area contributed by atoms with E-state index in [1.807, 2.05) is 0 Å². The van der Waals surface area contributed by atoms with Gasteiger partial charge in [0.2, 0.25) is 15.9 Å². The van der Waals surface area contributed by atoms with Crippen molar-refractivity contribution < 1.29 is 17.9 Å². The molecular formula is C16H21N5O5S. The number of hydrogen-bond acceptors (Lipinski definition) is 6. The van der Waals surface area contributed by atoms with Crippen molar-refractivity contribution in [1.29, 1.82) is 0 Å². The van der Waals surface area contributed by atoms with E-state index in [0.29, 0.717) is 43.9 Å². The summed E-state index contributed by atoms with van der Waals surface area (Å²) >= 11 is 0. The zero-order valence-corrected chi connectivity index (χ0v) is 15.4. The van der Waals surface area contributed by atoms with E-state index in [-0.39, 0.29) is 35.6 Å². The Morgan fingerprint density at radius 2 is 1.85 bits per heavy atom. The molecule has 2 fully saturated rings. The van der Waals surface area contributed by atoms with Crippen LogP contribution in [0.4, 0.5) is 0 Å². The molecule has 0 spiro atoms. The number of aromatic amines is 2. The van der Waals surface area contributed by atoms with E-state index in [1.165, 1.54) is 16.4 Å². The Balaban J connectivity index is 1.45. The third-order valence-electron chi connectivity index (χ3n) is 4.90. The molecule has 3 heterocycles. The molecule has 146 valence electrons. The van der Waals surface area contributed by atoms with Crippen LogP contribution in [-0.2, 0) is 19.6 Å². The van der Waals surface area contributed by atoms with Crippen LogP contribution in [0.5, 0.6) is 0 Å². The van der Waals surface area contributed by atoms with E-state index in [4.69, 9.17) is 4.74 Å². The van der Waals surface area contributed by atoms with Crippen LogP contribution < -0.4 is 11.0 Å². The highest BCUT2D eigenvalue weighted by molar-refractivity contribution is 7.89. The molecule has 2 saturated heterocycles. The third-order valence-corrected chi connectivity index (χ3v) is 6.79. The molecule has 2 aliphatic heterocycles. The lowest BCUT2D eigenvalue weighted by molar-refractivity contribution is -0.137. The van der Waals surface area contributed by atoms with Gasteiger partial charge in [0.25, 0.3) is 0 Å². The van der Waals surface area contributed by atoms with Gasteiger partial charge in [0.05, 0.1) is 29.1 Å². The van der Waals surface area contributed by atoms with Crippen LogP contribution in [-0.4, -0.2) is 85.5 Å². The van der Waals surface area contributed by atoms with Gasteiger partial charge in [-0.25, -0.2) is 13.2 Å². The van der Waals surface area contributed by atoms with E-state index in [9.17, 15) is 18.0 Å². The molecule has 27 heavy (non-hydrogen) atoms. The Morgan fingerprint density at radius 1 is 1.11 bits per heavy atom. The molecule has 11 heteroatoms. The maximum absolute atomic E-state index is 12.9. The molecule has 0 aliphatic carbocycles. The number of piperazine rings is 1. The van der Waals surface area contributed by atoms with E-state index >= 15 is 0 Å². The lowest BCUT2D eigenvalue weighted by atomic mass is 10.2. The number of benzene rings is 1. The molecule has 1 amide bonds. The van der Waals surface area contributed by atoms with Gasteiger partial charge >= 0.3 is 5.69 Å². The fraction of sp³-hybridized carbons (Fsp3) is 0.500. The number of morpholine rings is 1. The van der Waals surface area contributed by atoms with Gasteiger partial charge in [-0.3, -0.25) is 4.79 Å². The summed E-state index contributed by atoms with van der Waals surface area (Å²) in [6.45, 7) is 2.68. The van der Waals surface area contributed by atoms with Crippen LogP contribution in [0.25, 0.3) is 11.0 Å². The Labute approximate surface area is 155 Å². The average molecular weight is 395 g/mol. The van der Waals surface area contributed by atoms with Crippen LogP contribution in [0.3, 0.4) is 0 Å². The van der Waals surface area contributed by atoms with Gasteiger partial charge in [-0.15, -0.1) is 0 Å². The number of ether oxygens (including phenoxy) is 1. The zero-order valence-electron chi connectivity index (χ0n) is 14.6. The van der Waals surface area contributed by atoms with E-state index in [2.05, 4.69) is 15.3 Å². The van der Waals surface area contributed by atoms with Gasteiger partial charge in [0.15, 0.2) is 0 Å². The first kappa shape index (κ1) is 18.2. The number of imidazole rings is 1. The molecule has 1 unspecified atom stereocenters. The van der Waals surface area contributed by atoms with Crippen LogP contribution in [0.1, 0.15) is 0 Å². The first-order valence-corrected chi connectivity index (χ1v) is 10.2. The quantitative estimate of drug-likeness (QED) is 0.591. The largest absolute Gasteiger partial charge is 0.378 e. The monoisotopic (exact) mass is 395 g/mol. The number of H-pyrrole nitrogens is 2. The number of aromatic nitrogens is 2. The third kappa shape index (κ3) is 3.50. The smallest absolute Gasteiger partial charge is 0.323 e. The summed E-state index contributed by atoms with van der Waals surface area (Å²) in [5, 5.41) is 3.12. The fourth-order valence-electron chi connectivity index (χ4n) is 3.41. The highest BCUT2D eigenvalue weighted by Crippen LogP contribution is 2.21. The van der Waals surface area contributed by atoms with Crippen LogP contribution in [0.2, 0.25) is 0 Å². The molecule has 2 aliphatic rings. The SMILES string of the molecule is O=C(C1COCCN1)N1CCN(S(=O)(=O)c2ccc3[nH]c(=O)[nH]c3c2)CC1. The maximum Gasteiger partial charge on any atom is 0.323 e.